The third-order valence-electron chi connectivity index (χ3n) is 2.91. The summed E-state index contributed by atoms with van der Waals surface area (Å²) < 4.78 is 0. The molecule has 0 saturated heterocycles. The number of nitrogens with one attached hydrogen (secondary N) is 1. The van der Waals surface area contributed by atoms with Crippen molar-refractivity contribution in [3.63, 3.8) is 0 Å². The van der Waals surface area contributed by atoms with Crippen molar-refractivity contribution in [1.82, 2.24) is 5.32 Å². The molecule has 90 valence electrons. The number of phenols is 1. The van der Waals surface area contributed by atoms with Crippen LogP contribution >= 0.6 is 11.3 Å². The number of aromatic hydroxyl groups is 1. The first-order valence-corrected chi connectivity index (χ1v) is 6.68. The Labute approximate surface area is 106 Å². The number of phenolic OH excluding ortho intramolecular Hbond substituents is 1. The topological polar surface area (TPSA) is 32.3 Å². The minimum atomic E-state index is 0.219. The van der Waals surface area contributed by atoms with Crippen molar-refractivity contribution >= 4 is 11.3 Å². The van der Waals surface area contributed by atoms with E-state index in [1.54, 1.807) is 23.5 Å². The van der Waals surface area contributed by atoms with Crippen molar-refractivity contribution in [2.75, 3.05) is 0 Å². The maximum atomic E-state index is 9.45. The summed E-state index contributed by atoms with van der Waals surface area (Å²) in [6.45, 7) is 4.26. The van der Waals surface area contributed by atoms with Crippen LogP contribution in [0.25, 0.3) is 0 Å². The van der Waals surface area contributed by atoms with Crippen LogP contribution in [0.3, 0.4) is 0 Å². The normalized spacial score (nSPS) is 14.5. The van der Waals surface area contributed by atoms with Crippen LogP contribution in [0, 0.1) is 0 Å². The van der Waals surface area contributed by atoms with Gasteiger partial charge in [0.15, 0.2) is 0 Å². The lowest BCUT2D eigenvalue weighted by Crippen LogP contribution is -2.22. The Hall–Kier alpha value is -1.32. The number of hydrogen-bond acceptors (Lipinski definition) is 3. The van der Waals surface area contributed by atoms with E-state index in [1.807, 2.05) is 12.1 Å². The molecule has 0 saturated carbocycles. The van der Waals surface area contributed by atoms with Crippen molar-refractivity contribution in [3.8, 4) is 5.75 Å². The lowest BCUT2D eigenvalue weighted by molar-refractivity contribution is 0.466. The SMILES string of the molecule is CC(NC(C)c1cccc(O)c1)c1ccsc1. The monoisotopic (exact) mass is 247 g/mol. The third-order valence-corrected chi connectivity index (χ3v) is 3.61. The molecule has 2 unspecified atom stereocenters. The molecule has 0 aliphatic carbocycles. The van der Waals surface area contributed by atoms with Gasteiger partial charge >= 0.3 is 0 Å². The molecule has 1 aromatic carbocycles. The highest BCUT2D eigenvalue weighted by Crippen LogP contribution is 2.22. The highest BCUT2D eigenvalue weighted by Gasteiger charge is 2.11. The number of thiophene rings is 1. The molecular weight excluding hydrogens is 230 g/mol. The van der Waals surface area contributed by atoms with Crippen molar-refractivity contribution in [1.29, 1.82) is 0 Å². The summed E-state index contributed by atoms with van der Waals surface area (Å²) in [4.78, 5) is 0. The van der Waals surface area contributed by atoms with Gasteiger partial charge < -0.3 is 10.4 Å². The minimum absolute atomic E-state index is 0.219. The molecule has 2 N–H and O–H groups in total. The molecule has 2 atom stereocenters. The molecule has 0 aliphatic rings. The van der Waals surface area contributed by atoms with Crippen LogP contribution in [-0.4, -0.2) is 5.11 Å². The van der Waals surface area contributed by atoms with Crippen molar-refractivity contribution in [2.24, 2.45) is 0 Å². The Morgan fingerprint density at radius 2 is 1.88 bits per heavy atom. The summed E-state index contributed by atoms with van der Waals surface area (Å²) in [7, 11) is 0. The van der Waals surface area contributed by atoms with E-state index in [0.717, 1.165) is 5.56 Å². The van der Waals surface area contributed by atoms with Gasteiger partial charge in [0.05, 0.1) is 0 Å². The highest BCUT2D eigenvalue weighted by atomic mass is 32.1. The first-order chi connectivity index (χ1) is 8.16. The van der Waals surface area contributed by atoms with E-state index < -0.39 is 0 Å². The molecule has 17 heavy (non-hydrogen) atoms. The molecule has 1 heterocycles. The lowest BCUT2D eigenvalue weighted by atomic mass is 10.1. The first kappa shape index (κ1) is 12.1. The minimum Gasteiger partial charge on any atom is -0.508 e. The summed E-state index contributed by atoms with van der Waals surface area (Å²) in [5, 5.41) is 17.2. The van der Waals surface area contributed by atoms with Crippen molar-refractivity contribution < 1.29 is 5.11 Å². The van der Waals surface area contributed by atoms with Gasteiger partial charge in [0.1, 0.15) is 5.75 Å². The van der Waals surface area contributed by atoms with Gasteiger partial charge in [0.2, 0.25) is 0 Å². The second-order valence-corrected chi connectivity index (χ2v) is 5.04. The van der Waals surface area contributed by atoms with Crippen LogP contribution in [-0.2, 0) is 0 Å². The molecule has 0 radical (unpaired) electrons. The van der Waals surface area contributed by atoms with Gasteiger partial charge in [-0.25, -0.2) is 0 Å². The van der Waals surface area contributed by atoms with Gasteiger partial charge in [-0.3, -0.25) is 0 Å². The zero-order valence-corrected chi connectivity index (χ0v) is 10.9. The van der Waals surface area contributed by atoms with Crippen LogP contribution in [0.15, 0.2) is 41.1 Å². The van der Waals surface area contributed by atoms with Crippen LogP contribution in [0.4, 0.5) is 0 Å². The largest absolute Gasteiger partial charge is 0.508 e. The maximum Gasteiger partial charge on any atom is 0.115 e. The number of hydrogen-bond donors (Lipinski definition) is 2. The fourth-order valence-corrected chi connectivity index (χ4v) is 2.64. The Bertz CT molecular complexity index is 467. The van der Waals surface area contributed by atoms with Crippen LogP contribution in [0.1, 0.15) is 37.1 Å². The Kier molecular flexibility index (Phi) is 3.82. The van der Waals surface area contributed by atoms with Gasteiger partial charge in [0.25, 0.3) is 0 Å². The van der Waals surface area contributed by atoms with Gasteiger partial charge in [-0.05, 0) is 53.9 Å². The third kappa shape index (κ3) is 3.08. The summed E-state index contributed by atoms with van der Waals surface area (Å²) in [5.41, 5.74) is 2.41. The second kappa shape index (κ2) is 5.34. The average molecular weight is 247 g/mol. The van der Waals surface area contributed by atoms with Crippen LogP contribution in [0.5, 0.6) is 5.75 Å². The molecule has 2 aromatic rings. The highest BCUT2D eigenvalue weighted by molar-refractivity contribution is 7.07. The zero-order chi connectivity index (χ0) is 12.3. The molecule has 0 fully saturated rings. The van der Waals surface area contributed by atoms with Crippen molar-refractivity contribution in [2.45, 2.75) is 25.9 Å². The Morgan fingerprint density at radius 1 is 1.12 bits per heavy atom. The van der Waals surface area contributed by atoms with Gasteiger partial charge in [-0.15, -0.1) is 0 Å². The maximum absolute atomic E-state index is 9.45. The average Bonchev–Trinajstić information content (AvgIpc) is 2.82. The molecule has 3 heteroatoms. The molecule has 1 aromatic heterocycles. The van der Waals surface area contributed by atoms with E-state index >= 15 is 0 Å². The molecule has 0 spiro atoms. The Morgan fingerprint density at radius 3 is 2.53 bits per heavy atom. The smallest absolute Gasteiger partial charge is 0.115 e. The molecule has 0 aliphatic heterocycles. The van der Waals surface area contributed by atoms with E-state index in [2.05, 4.69) is 36.0 Å². The summed E-state index contributed by atoms with van der Waals surface area (Å²) in [6.07, 6.45) is 0. The van der Waals surface area contributed by atoms with E-state index in [0.29, 0.717) is 11.8 Å². The molecular formula is C14H17NOS. The van der Waals surface area contributed by atoms with Gasteiger partial charge in [-0.1, -0.05) is 12.1 Å². The summed E-state index contributed by atoms with van der Waals surface area (Å²) in [6, 6.07) is 10.1. The standard InChI is InChI=1S/C14H17NOS/c1-10(12-4-3-5-14(16)8-12)15-11(2)13-6-7-17-9-13/h3-11,15-16H,1-2H3. The van der Waals surface area contributed by atoms with E-state index in [9.17, 15) is 5.11 Å². The molecule has 0 bridgehead atoms. The number of benzene rings is 1. The fraction of sp³-hybridized carbons (Fsp3) is 0.286. The van der Waals surface area contributed by atoms with Crippen LogP contribution < -0.4 is 5.32 Å². The van der Waals surface area contributed by atoms with Gasteiger partial charge in [-0.2, -0.15) is 11.3 Å². The van der Waals surface area contributed by atoms with Crippen LogP contribution in [0.2, 0.25) is 0 Å². The first-order valence-electron chi connectivity index (χ1n) is 5.74. The van der Waals surface area contributed by atoms with Crippen molar-refractivity contribution in [3.05, 3.63) is 52.2 Å². The molecule has 0 amide bonds. The second-order valence-electron chi connectivity index (χ2n) is 4.26. The zero-order valence-electron chi connectivity index (χ0n) is 10.1. The Balaban J connectivity index is 2.04. The predicted octanol–water partition coefficient (Wildman–Crippen LogP) is 3.87. The molecule has 2 nitrogen and oxygen atoms in total. The quantitative estimate of drug-likeness (QED) is 0.859. The summed E-state index contributed by atoms with van der Waals surface area (Å²) in [5.74, 6) is 0.319. The van der Waals surface area contributed by atoms with E-state index in [1.165, 1.54) is 5.56 Å². The van der Waals surface area contributed by atoms with E-state index in [4.69, 9.17) is 0 Å². The lowest BCUT2D eigenvalue weighted by Gasteiger charge is -2.20. The number of rotatable bonds is 4. The fourth-order valence-electron chi connectivity index (χ4n) is 1.88. The molecule has 2 rings (SSSR count). The van der Waals surface area contributed by atoms with E-state index in [-0.39, 0.29) is 6.04 Å². The van der Waals surface area contributed by atoms with Gasteiger partial charge in [0, 0.05) is 12.1 Å². The summed E-state index contributed by atoms with van der Waals surface area (Å²) >= 11 is 1.71. The predicted molar refractivity (Wildman–Crippen MR) is 72.4 cm³/mol.